The third-order valence-electron chi connectivity index (χ3n) is 3.43. The molecule has 1 unspecified atom stereocenters. The molecule has 0 bridgehead atoms. The third-order valence-corrected chi connectivity index (χ3v) is 4.88. The number of nitrogens with two attached hydrogens (primary N) is 1. The van der Waals surface area contributed by atoms with Gasteiger partial charge in [-0.05, 0) is 32.3 Å². The van der Waals surface area contributed by atoms with E-state index in [9.17, 15) is 8.42 Å². The largest absolute Gasteiger partial charge is 0.399 e. The smallest absolute Gasteiger partial charge is 0.242 e. The van der Waals surface area contributed by atoms with Crippen LogP contribution in [0.15, 0.2) is 23.1 Å². The van der Waals surface area contributed by atoms with Crippen LogP contribution in [0.5, 0.6) is 0 Å². The average molecular weight is 314 g/mol. The summed E-state index contributed by atoms with van der Waals surface area (Å²) < 4.78 is 32.0. The highest BCUT2D eigenvalue weighted by molar-refractivity contribution is 7.89. The van der Waals surface area contributed by atoms with E-state index in [4.69, 9.17) is 10.5 Å². The molecule has 0 radical (unpaired) electrons. The summed E-state index contributed by atoms with van der Waals surface area (Å²) in [5, 5.41) is 3.14. The zero-order valence-corrected chi connectivity index (χ0v) is 13.1. The van der Waals surface area contributed by atoms with Gasteiger partial charge in [0.05, 0.1) is 18.4 Å². The van der Waals surface area contributed by atoms with Gasteiger partial charge in [0.1, 0.15) is 4.90 Å². The number of hydrogen-bond donors (Lipinski definition) is 3. The maximum Gasteiger partial charge on any atom is 0.242 e. The molecule has 0 amide bonds. The van der Waals surface area contributed by atoms with Crippen molar-refractivity contribution in [2.75, 3.05) is 51.4 Å². The topological polar surface area (TPSA) is 96.7 Å². The predicted molar refractivity (Wildman–Crippen MR) is 82.8 cm³/mol. The van der Waals surface area contributed by atoms with Crippen molar-refractivity contribution in [3.8, 4) is 0 Å². The van der Waals surface area contributed by atoms with Gasteiger partial charge in [-0.25, -0.2) is 13.1 Å². The monoisotopic (exact) mass is 314 g/mol. The van der Waals surface area contributed by atoms with E-state index in [-0.39, 0.29) is 11.0 Å². The summed E-state index contributed by atoms with van der Waals surface area (Å²) in [5.74, 6) is 0. The second-order valence-electron chi connectivity index (χ2n) is 5.10. The molecule has 4 N–H and O–H groups in total. The highest BCUT2D eigenvalue weighted by atomic mass is 32.2. The molecule has 1 atom stereocenters. The number of nitrogens with one attached hydrogen (secondary N) is 2. The number of nitrogen functional groups attached to an aromatic ring is 1. The van der Waals surface area contributed by atoms with E-state index in [1.54, 1.807) is 12.1 Å². The summed E-state index contributed by atoms with van der Waals surface area (Å²) in [4.78, 5) is 2.33. The predicted octanol–water partition coefficient (Wildman–Crippen LogP) is -0.0806. The summed E-state index contributed by atoms with van der Waals surface area (Å²) >= 11 is 0. The van der Waals surface area contributed by atoms with Gasteiger partial charge in [0, 0.05) is 25.3 Å². The fraction of sp³-hybridized carbons (Fsp3) is 0.538. The number of rotatable bonds is 5. The fourth-order valence-electron chi connectivity index (χ4n) is 2.23. The molecule has 21 heavy (non-hydrogen) atoms. The van der Waals surface area contributed by atoms with Gasteiger partial charge >= 0.3 is 0 Å². The average Bonchev–Trinajstić information content (AvgIpc) is 2.46. The van der Waals surface area contributed by atoms with Crippen molar-refractivity contribution < 1.29 is 13.2 Å². The van der Waals surface area contributed by atoms with Gasteiger partial charge in [0.15, 0.2) is 0 Å². The lowest BCUT2D eigenvalue weighted by atomic mass is 10.2. The molecule has 118 valence electrons. The van der Waals surface area contributed by atoms with E-state index in [1.807, 2.05) is 7.05 Å². The molecular weight excluding hydrogens is 292 g/mol. The second kappa shape index (κ2) is 6.61. The van der Waals surface area contributed by atoms with Crippen LogP contribution in [0, 0.1) is 0 Å². The summed E-state index contributed by atoms with van der Waals surface area (Å²) in [7, 11) is -0.145. The normalized spacial score (nSPS) is 20.4. The van der Waals surface area contributed by atoms with Crippen molar-refractivity contribution in [2.45, 2.75) is 11.0 Å². The van der Waals surface area contributed by atoms with Crippen molar-refractivity contribution in [3.63, 3.8) is 0 Å². The van der Waals surface area contributed by atoms with Crippen LogP contribution in [0.2, 0.25) is 0 Å². The lowest BCUT2D eigenvalue weighted by Crippen LogP contribution is -2.43. The number of hydrogen-bond acceptors (Lipinski definition) is 6. The van der Waals surface area contributed by atoms with Crippen LogP contribution in [-0.2, 0) is 14.8 Å². The molecule has 0 saturated carbocycles. The lowest BCUT2D eigenvalue weighted by molar-refractivity contribution is -0.0117. The molecule has 2 rings (SSSR count). The van der Waals surface area contributed by atoms with E-state index in [0.717, 1.165) is 13.1 Å². The highest BCUT2D eigenvalue weighted by Crippen LogP contribution is 2.24. The van der Waals surface area contributed by atoms with E-state index in [1.165, 1.54) is 13.1 Å². The SMILES string of the molecule is CNS(=O)(=O)c1cc(N)ccc1NCC1CN(C)CCO1. The van der Waals surface area contributed by atoms with Crippen LogP contribution in [0.4, 0.5) is 11.4 Å². The molecule has 0 aromatic heterocycles. The van der Waals surface area contributed by atoms with Gasteiger partial charge in [-0.1, -0.05) is 0 Å². The maximum atomic E-state index is 12.0. The minimum absolute atomic E-state index is 0.0337. The molecule has 1 aliphatic heterocycles. The summed E-state index contributed by atoms with van der Waals surface area (Å²) in [6.07, 6.45) is 0.0337. The van der Waals surface area contributed by atoms with Crippen LogP contribution >= 0.6 is 0 Å². The van der Waals surface area contributed by atoms with E-state index < -0.39 is 10.0 Å². The molecule has 1 aromatic carbocycles. The van der Waals surface area contributed by atoms with Gasteiger partial charge < -0.3 is 20.7 Å². The Labute approximate surface area is 125 Å². The number of morpholine rings is 1. The number of sulfonamides is 1. The van der Waals surface area contributed by atoms with Crippen molar-refractivity contribution >= 4 is 21.4 Å². The molecule has 1 aromatic rings. The van der Waals surface area contributed by atoms with Crippen LogP contribution in [0.25, 0.3) is 0 Å². The quantitative estimate of drug-likeness (QED) is 0.658. The van der Waals surface area contributed by atoms with Crippen LogP contribution in [0.1, 0.15) is 0 Å². The molecule has 1 saturated heterocycles. The molecule has 0 spiro atoms. The summed E-state index contributed by atoms with van der Waals surface area (Å²) in [6.45, 7) is 2.96. The third kappa shape index (κ3) is 4.07. The van der Waals surface area contributed by atoms with Crippen LogP contribution in [0.3, 0.4) is 0 Å². The van der Waals surface area contributed by atoms with Gasteiger partial charge in [0.2, 0.25) is 10.0 Å². The van der Waals surface area contributed by atoms with Crippen molar-refractivity contribution in [1.82, 2.24) is 9.62 Å². The van der Waals surface area contributed by atoms with Gasteiger partial charge in [-0.15, -0.1) is 0 Å². The first-order valence-corrected chi connectivity index (χ1v) is 8.28. The minimum atomic E-state index is -3.56. The highest BCUT2D eigenvalue weighted by Gasteiger charge is 2.20. The second-order valence-corrected chi connectivity index (χ2v) is 6.95. The van der Waals surface area contributed by atoms with E-state index in [0.29, 0.717) is 24.5 Å². The first-order chi connectivity index (χ1) is 9.92. The van der Waals surface area contributed by atoms with E-state index in [2.05, 4.69) is 14.9 Å². The number of likely N-dealkylation sites (N-methyl/N-ethyl adjacent to an activating group) is 1. The summed E-state index contributed by atoms with van der Waals surface area (Å²) in [5.41, 5.74) is 6.61. The Balaban J connectivity index is 2.13. The number of nitrogens with zero attached hydrogens (tertiary/aromatic N) is 1. The Kier molecular flexibility index (Phi) is 5.04. The van der Waals surface area contributed by atoms with Crippen LogP contribution in [-0.4, -0.2) is 59.8 Å². The molecule has 1 heterocycles. The minimum Gasteiger partial charge on any atom is -0.399 e. The summed E-state index contributed by atoms with van der Waals surface area (Å²) in [6, 6.07) is 4.79. The Morgan fingerprint density at radius 2 is 2.24 bits per heavy atom. The standard InChI is InChI=1S/C13H22N4O3S/c1-15-21(18,19)13-7-10(14)3-4-12(13)16-8-11-9-17(2)5-6-20-11/h3-4,7,11,15-16H,5-6,8-9,14H2,1-2H3. The first kappa shape index (κ1) is 16.0. The zero-order chi connectivity index (χ0) is 15.5. The number of anilines is 2. The molecule has 8 heteroatoms. The Bertz CT molecular complexity index is 591. The number of ether oxygens (including phenoxy) is 1. The molecular formula is C13H22N4O3S. The van der Waals surface area contributed by atoms with Crippen molar-refractivity contribution in [1.29, 1.82) is 0 Å². The Hall–Kier alpha value is -1.35. The van der Waals surface area contributed by atoms with Gasteiger partial charge in [0.25, 0.3) is 0 Å². The Morgan fingerprint density at radius 1 is 1.48 bits per heavy atom. The zero-order valence-electron chi connectivity index (χ0n) is 12.3. The van der Waals surface area contributed by atoms with Crippen LogP contribution < -0.4 is 15.8 Å². The fourth-order valence-corrected chi connectivity index (χ4v) is 3.17. The van der Waals surface area contributed by atoms with Gasteiger partial charge in [-0.3, -0.25) is 0 Å². The first-order valence-electron chi connectivity index (χ1n) is 6.79. The molecule has 1 fully saturated rings. The van der Waals surface area contributed by atoms with Gasteiger partial charge in [-0.2, -0.15) is 0 Å². The van der Waals surface area contributed by atoms with E-state index >= 15 is 0 Å². The molecule has 7 nitrogen and oxygen atoms in total. The maximum absolute atomic E-state index is 12.0. The van der Waals surface area contributed by atoms with Crippen molar-refractivity contribution in [2.24, 2.45) is 0 Å². The molecule has 1 aliphatic rings. The lowest BCUT2D eigenvalue weighted by Gasteiger charge is -2.30. The number of benzene rings is 1. The Morgan fingerprint density at radius 3 is 2.90 bits per heavy atom. The van der Waals surface area contributed by atoms with Crippen molar-refractivity contribution in [3.05, 3.63) is 18.2 Å². The molecule has 0 aliphatic carbocycles.